The van der Waals surface area contributed by atoms with Crippen LogP contribution < -0.4 is 11.1 Å². The molecular formula is C15H20N2O5S. The minimum atomic E-state index is -1.15. The van der Waals surface area contributed by atoms with Gasteiger partial charge in [0.25, 0.3) is 0 Å². The van der Waals surface area contributed by atoms with Crippen LogP contribution in [-0.4, -0.2) is 45.9 Å². The second-order valence-corrected chi connectivity index (χ2v) is 5.97. The Hall–Kier alpha value is -2.06. The number of nitrogens with two attached hydrogens (primary N) is 1. The highest BCUT2D eigenvalue weighted by molar-refractivity contribution is 7.98. The predicted octanol–water partition coefficient (Wildman–Crippen LogP) is 0.681. The summed E-state index contributed by atoms with van der Waals surface area (Å²) >= 11 is 1.38. The molecule has 0 aliphatic carbocycles. The van der Waals surface area contributed by atoms with Crippen molar-refractivity contribution in [1.29, 1.82) is 0 Å². The fourth-order valence-corrected chi connectivity index (χ4v) is 2.74. The molecule has 5 N–H and O–H groups in total. The van der Waals surface area contributed by atoms with Gasteiger partial charge in [0.1, 0.15) is 6.04 Å². The molecule has 2 atom stereocenters. The van der Waals surface area contributed by atoms with E-state index in [1.807, 2.05) is 30.3 Å². The van der Waals surface area contributed by atoms with Crippen LogP contribution in [-0.2, 0) is 20.1 Å². The van der Waals surface area contributed by atoms with E-state index in [9.17, 15) is 14.4 Å². The molecule has 1 rings (SSSR count). The molecule has 0 aliphatic rings. The molecule has 0 radical (unpaired) electrons. The van der Waals surface area contributed by atoms with E-state index in [0.29, 0.717) is 5.75 Å². The average Bonchev–Trinajstić information content (AvgIpc) is 2.52. The Kier molecular flexibility index (Phi) is 8.14. The largest absolute Gasteiger partial charge is 0.481 e. The maximum Gasteiger partial charge on any atom is 0.327 e. The van der Waals surface area contributed by atoms with Crippen molar-refractivity contribution in [2.24, 2.45) is 5.73 Å². The Bertz CT molecular complexity index is 538. The van der Waals surface area contributed by atoms with Crippen LogP contribution in [0.4, 0.5) is 0 Å². The fraction of sp³-hybridized carbons (Fsp3) is 0.400. The van der Waals surface area contributed by atoms with E-state index in [1.165, 1.54) is 11.8 Å². The maximum atomic E-state index is 11.8. The molecule has 1 amide bonds. The lowest BCUT2D eigenvalue weighted by molar-refractivity contribution is -0.141. The van der Waals surface area contributed by atoms with E-state index < -0.39 is 29.9 Å². The SMILES string of the molecule is N[C@@H](CCC(=O)O)C(=O)N[C@@H](CSCc1ccccc1)C(=O)O. The molecule has 0 aliphatic heterocycles. The highest BCUT2D eigenvalue weighted by Gasteiger charge is 2.23. The molecule has 8 heteroatoms. The van der Waals surface area contributed by atoms with Crippen molar-refractivity contribution in [3.05, 3.63) is 35.9 Å². The molecule has 0 aromatic heterocycles. The number of amides is 1. The molecule has 1 aromatic carbocycles. The lowest BCUT2D eigenvalue weighted by Crippen LogP contribution is -2.49. The standard InChI is InChI=1S/C15H20N2O5S/c16-11(6-7-13(18)19)14(20)17-12(15(21)22)9-23-8-10-4-2-1-3-5-10/h1-5,11-12H,6-9,16H2,(H,17,20)(H,18,19)(H,21,22)/t11-,12-/m0/s1. The Morgan fingerprint density at radius 1 is 1.17 bits per heavy atom. The maximum absolute atomic E-state index is 11.8. The summed E-state index contributed by atoms with van der Waals surface area (Å²) in [6, 6.07) is 7.46. The van der Waals surface area contributed by atoms with Gasteiger partial charge < -0.3 is 21.3 Å². The van der Waals surface area contributed by atoms with Gasteiger partial charge in [0.05, 0.1) is 6.04 Å². The second-order valence-electron chi connectivity index (χ2n) is 4.94. The smallest absolute Gasteiger partial charge is 0.327 e. The van der Waals surface area contributed by atoms with Crippen molar-refractivity contribution in [1.82, 2.24) is 5.32 Å². The molecule has 0 unspecified atom stereocenters. The molecule has 1 aromatic rings. The van der Waals surface area contributed by atoms with Gasteiger partial charge in [-0.3, -0.25) is 9.59 Å². The van der Waals surface area contributed by atoms with Crippen LogP contribution in [0, 0.1) is 0 Å². The summed E-state index contributed by atoms with van der Waals surface area (Å²) in [4.78, 5) is 33.5. The number of aliphatic carboxylic acids is 2. The van der Waals surface area contributed by atoms with Crippen molar-refractivity contribution >= 4 is 29.6 Å². The number of benzene rings is 1. The Labute approximate surface area is 138 Å². The van der Waals surface area contributed by atoms with Crippen molar-refractivity contribution in [2.75, 3.05) is 5.75 Å². The van der Waals surface area contributed by atoms with Crippen LogP contribution in [0.5, 0.6) is 0 Å². The van der Waals surface area contributed by atoms with Crippen LogP contribution in [0.1, 0.15) is 18.4 Å². The van der Waals surface area contributed by atoms with Gasteiger partial charge >= 0.3 is 11.9 Å². The topological polar surface area (TPSA) is 130 Å². The van der Waals surface area contributed by atoms with E-state index in [1.54, 1.807) is 0 Å². The lowest BCUT2D eigenvalue weighted by Gasteiger charge is -2.17. The first kappa shape index (κ1) is 19.0. The molecule has 7 nitrogen and oxygen atoms in total. The third-order valence-corrected chi connectivity index (χ3v) is 4.12. The average molecular weight is 340 g/mol. The summed E-state index contributed by atoms with van der Waals surface area (Å²) in [5, 5.41) is 20.1. The second kappa shape index (κ2) is 9.86. The van der Waals surface area contributed by atoms with Crippen molar-refractivity contribution < 1.29 is 24.6 Å². The molecule has 0 fully saturated rings. The highest BCUT2D eigenvalue weighted by atomic mass is 32.2. The third kappa shape index (κ3) is 7.66. The quantitative estimate of drug-likeness (QED) is 0.493. The first-order valence-corrected chi connectivity index (χ1v) is 8.18. The van der Waals surface area contributed by atoms with E-state index in [2.05, 4.69) is 5.32 Å². The van der Waals surface area contributed by atoms with E-state index in [0.717, 1.165) is 5.56 Å². The Morgan fingerprint density at radius 2 is 1.83 bits per heavy atom. The zero-order valence-electron chi connectivity index (χ0n) is 12.5. The number of carbonyl (C=O) groups is 3. The number of carboxylic acid groups (broad SMARTS) is 2. The van der Waals surface area contributed by atoms with Gasteiger partial charge in [-0.2, -0.15) is 11.8 Å². The minimum Gasteiger partial charge on any atom is -0.481 e. The van der Waals surface area contributed by atoms with E-state index in [-0.39, 0.29) is 18.6 Å². The van der Waals surface area contributed by atoms with Crippen molar-refractivity contribution in [3.63, 3.8) is 0 Å². The first-order chi connectivity index (χ1) is 10.9. The van der Waals surface area contributed by atoms with Gasteiger partial charge in [0.15, 0.2) is 0 Å². The summed E-state index contributed by atoms with van der Waals surface area (Å²) in [5.41, 5.74) is 6.62. The normalized spacial score (nSPS) is 13.1. The third-order valence-electron chi connectivity index (χ3n) is 3.02. The number of thioether (sulfide) groups is 1. The zero-order chi connectivity index (χ0) is 17.2. The van der Waals surface area contributed by atoms with Crippen LogP contribution in [0.15, 0.2) is 30.3 Å². The van der Waals surface area contributed by atoms with Gasteiger partial charge in [-0.1, -0.05) is 30.3 Å². The number of carboxylic acids is 2. The van der Waals surface area contributed by atoms with Crippen LogP contribution >= 0.6 is 11.8 Å². The van der Waals surface area contributed by atoms with Gasteiger partial charge in [-0.15, -0.1) is 0 Å². The van der Waals surface area contributed by atoms with Gasteiger partial charge in [-0.25, -0.2) is 4.79 Å². The molecule has 126 valence electrons. The number of nitrogens with one attached hydrogen (secondary N) is 1. The fourth-order valence-electron chi connectivity index (χ4n) is 1.73. The van der Waals surface area contributed by atoms with E-state index >= 15 is 0 Å². The molecule has 0 saturated carbocycles. The summed E-state index contributed by atoms with van der Waals surface area (Å²) in [7, 11) is 0. The highest BCUT2D eigenvalue weighted by Crippen LogP contribution is 2.13. The summed E-state index contributed by atoms with van der Waals surface area (Å²) in [5.74, 6) is -2.03. The van der Waals surface area contributed by atoms with Crippen molar-refractivity contribution in [2.45, 2.75) is 30.7 Å². The molecule has 0 saturated heterocycles. The minimum absolute atomic E-state index is 0.0370. The first-order valence-electron chi connectivity index (χ1n) is 7.02. The van der Waals surface area contributed by atoms with Crippen LogP contribution in [0.2, 0.25) is 0 Å². The van der Waals surface area contributed by atoms with E-state index in [4.69, 9.17) is 15.9 Å². The summed E-state index contributed by atoms with van der Waals surface area (Å²) < 4.78 is 0. The van der Waals surface area contributed by atoms with Crippen LogP contribution in [0.25, 0.3) is 0 Å². The zero-order valence-corrected chi connectivity index (χ0v) is 13.3. The number of hydrogen-bond acceptors (Lipinski definition) is 5. The monoisotopic (exact) mass is 340 g/mol. The van der Waals surface area contributed by atoms with Crippen molar-refractivity contribution in [3.8, 4) is 0 Å². The number of carbonyl (C=O) groups excluding carboxylic acids is 1. The van der Waals surface area contributed by atoms with Gasteiger partial charge in [0.2, 0.25) is 5.91 Å². The molecule has 0 bridgehead atoms. The Morgan fingerprint density at radius 3 is 2.39 bits per heavy atom. The van der Waals surface area contributed by atoms with Gasteiger partial charge in [-0.05, 0) is 12.0 Å². The predicted molar refractivity (Wildman–Crippen MR) is 87.0 cm³/mol. The number of hydrogen-bond donors (Lipinski definition) is 4. The number of rotatable bonds is 10. The molecular weight excluding hydrogens is 320 g/mol. The molecule has 0 heterocycles. The summed E-state index contributed by atoms with van der Waals surface area (Å²) in [6.07, 6.45) is -0.278. The Balaban J connectivity index is 2.43. The lowest BCUT2D eigenvalue weighted by atomic mass is 10.1. The van der Waals surface area contributed by atoms with Gasteiger partial charge in [0, 0.05) is 17.9 Å². The molecule has 0 spiro atoms. The molecule has 23 heavy (non-hydrogen) atoms. The van der Waals surface area contributed by atoms with Crippen LogP contribution in [0.3, 0.4) is 0 Å². The summed E-state index contributed by atoms with van der Waals surface area (Å²) in [6.45, 7) is 0.